The minimum atomic E-state index is -4.04. The molecular formula is C26H28N4O4S. The van der Waals surface area contributed by atoms with Crippen LogP contribution in [0.3, 0.4) is 0 Å². The predicted molar refractivity (Wildman–Crippen MR) is 133 cm³/mol. The molecule has 1 amide bonds. The summed E-state index contributed by atoms with van der Waals surface area (Å²) in [5.74, 6) is -0.190. The van der Waals surface area contributed by atoms with Crippen molar-refractivity contribution < 1.29 is 17.9 Å². The molecule has 4 bridgehead atoms. The number of rotatable bonds is 3. The highest BCUT2D eigenvalue weighted by Gasteiger charge is 2.40. The Morgan fingerprint density at radius 3 is 2.49 bits per heavy atom. The summed E-state index contributed by atoms with van der Waals surface area (Å²) in [4.78, 5) is 21.8. The Hall–Kier alpha value is -3.46. The number of aromatic nitrogens is 2. The lowest BCUT2D eigenvalue weighted by Gasteiger charge is -2.22. The Labute approximate surface area is 205 Å². The molecule has 3 aromatic rings. The van der Waals surface area contributed by atoms with Gasteiger partial charge in [-0.2, -0.15) is 4.98 Å². The van der Waals surface area contributed by atoms with E-state index in [-0.39, 0.29) is 46.3 Å². The van der Waals surface area contributed by atoms with Crippen LogP contribution in [0.25, 0.3) is 11.3 Å². The highest BCUT2D eigenvalue weighted by Crippen LogP contribution is 2.49. The molecule has 1 saturated carbocycles. The largest absolute Gasteiger partial charge is 0.475 e. The number of hydrogen-bond acceptors (Lipinski definition) is 6. The number of carbonyl (C=O) groups is 1. The molecule has 182 valence electrons. The fourth-order valence-electron chi connectivity index (χ4n) is 4.49. The average molecular weight is 493 g/mol. The first kappa shape index (κ1) is 23.3. The van der Waals surface area contributed by atoms with E-state index >= 15 is 0 Å². The van der Waals surface area contributed by atoms with E-state index in [0.717, 1.165) is 36.0 Å². The number of benzene rings is 2. The minimum absolute atomic E-state index is 0.0429. The van der Waals surface area contributed by atoms with Crippen LogP contribution in [-0.2, 0) is 10.0 Å². The van der Waals surface area contributed by atoms with Gasteiger partial charge in [-0.15, -0.1) is 0 Å². The summed E-state index contributed by atoms with van der Waals surface area (Å²) in [7, 11) is -4.04. The Balaban J connectivity index is 1.62. The van der Waals surface area contributed by atoms with Crippen LogP contribution < -0.4 is 14.8 Å². The first-order valence-corrected chi connectivity index (χ1v) is 13.1. The van der Waals surface area contributed by atoms with Crippen LogP contribution in [0.2, 0.25) is 0 Å². The highest BCUT2D eigenvalue weighted by atomic mass is 32.2. The summed E-state index contributed by atoms with van der Waals surface area (Å²) < 4.78 is 34.8. The Morgan fingerprint density at radius 1 is 1.06 bits per heavy atom. The van der Waals surface area contributed by atoms with Gasteiger partial charge in [-0.05, 0) is 67.9 Å². The molecule has 1 aromatic heterocycles. The van der Waals surface area contributed by atoms with E-state index < -0.39 is 10.0 Å². The van der Waals surface area contributed by atoms with Gasteiger partial charge in [0.05, 0.1) is 16.6 Å². The number of aryl methyl sites for hydroxylation is 2. The average Bonchev–Trinajstić information content (AvgIpc) is 3.53. The minimum Gasteiger partial charge on any atom is -0.475 e. The molecule has 0 spiro atoms. The number of anilines is 1. The fourth-order valence-corrected chi connectivity index (χ4v) is 5.48. The van der Waals surface area contributed by atoms with Gasteiger partial charge in [0.15, 0.2) is 0 Å². The molecular weight excluding hydrogens is 464 g/mol. The summed E-state index contributed by atoms with van der Waals surface area (Å²) in [5, 5.41) is 3.04. The number of ether oxygens (including phenoxy) is 1. The van der Waals surface area contributed by atoms with Crippen LogP contribution >= 0.6 is 0 Å². The molecule has 8 nitrogen and oxygen atoms in total. The predicted octanol–water partition coefficient (Wildman–Crippen LogP) is 4.24. The lowest BCUT2D eigenvalue weighted by Crippen LogP contribution is -2.40. The maximum Gasteiger partial charge on any atom is 0.264 e. The van der Waals surface area contributed by atoms with Crippen molar-refractivity contribution in [1.82, 2.24) is 15.3 Å². The molecule has 2 aliphatic rings. The van der Waals surface area contributed by atoms with Gasteiger partial charge in [-0.3, -0.25) is 4.79 Å². The van der Waals surface area contributed by atoms with Crippen molar-refractivity contribution in [2.75, 3.05) is 11.3 Å². The van der Waals surface area contributed by atoms with Gasteiger partial charge in [0.1, 0.15) is 6.61 Å². The number of hydrogen-bond donors (Lipinski definition) is 2. The van der Waals surface area contributed by atoms with Gasteiger partial charge >= 0.3 is 0 Å². The third-order valence-electron chi connectivity index (χ3n) is 6.68. The quantitative estimate of drug-likeness (QED) is 0.566. The molecule has 1 atom stereocenters. The third kappa shape index (κ3) is 5.00. The molecule has 1 aliphatic carbocycles. The molecule has 0 saturated heterocycles. The lowest BCUT2D eigenvalue weighted by atomic mass is 9.99. The van der Waals surface area contributed by atoms with Gasteiger partial charge < -0.3 is 10.1 Å². The zero-order valence-electron chi connectivity index (χ0n) is 20.0. The molecule has 0 radical (unpaired) electrons. The maximum absolute atomic E-state index is 13.2. The standard InChI is InChI=1S/C26H28N4O4S/c1-16-6-4-7-17(2)23(16)21-13-22-29-25(28-21)30-35(32,33)20-9-5-8-18(12-20)24(31)27-19(15-34-22)14-26(3)10-11-26/h4-9,12-13,19H,10-11,14-15H2,1-3H3,(H,27,31)(H,28,29,30)/t19-/m1/s1. The van der Waals surface area contributed by atoms with E-state index in [1.54, 1.807) is 18.2 Å². The van der Waals surface area contributed by atoms with Crippen molar-refractivity contribution in [3.05, 3.63) is 65.2 Å². The molecule has 5 rings (SSSR count). The number of carbonyl (C=O) groups excluding carboxylic acids is 1. The molecule has 1 aliphatic heterocycles. The first-order valence-electron chi connectivity index (χ1n) is 11.6. The Kier molecular flexibility index (Phi) is 5.75. The maximum atomic E-state index is 13.2. The van der Waals surface area contributed by atoms with Crippen LogP contribution in [0.1, 0.15) is 47.7 Å². The number of nitrogens with one attached hydrogen (secondary N) is 2. The Morgan fingerprint density at radius 2 is 1.77 bits per heavy atom. The molecule has 2 N–H and O–H groups in total. The Bertz CT molecular complexity index is 1400. The first-order chi connectivity index (χ1) is 16.6. The zero-order chi connectivity index (χ0) is 24.8. The molecule has 9 heteroatoms. The molecule has 2 aromatic carbocycles. The third-order valence-corrected chi connectivity index (χ3v) is 8.01. The summed E-state index contributed by atoms with van der Waals surface area (Å²) in [6.07, 6.45) is 2.97. The van der Waals surface area contributed by atoms with Crippen molar-refractivity contribution >= 4 is 21.9 Å². The summed E-state index contributed by atoms with van der Waals surface area (Å²) in [6.45, 7) is 6.35. The van der Waals surface area contributed by atoms with Gasteiger partial charge in [0.25, 0.3) is 15.9 Å². The van der Waals surface area contributed by atoms with Crippen LogP contribution in [0.15, 0.2) is 53.4 Å². The van der Waals surface area contributed by atoms with E-state index in [2.05, 4.69) is 26.9 Å². The van der Waals surface area contributed by atoms with Gasteiger partial charge in [0, 0.05) is 17.2 Å². The second-order valence-corrected chi connectivity index (χ2v) is 11.5. The van der Waals surface area contributed by atoms with Crippen LogP contribution in [0, 0.1) is 19.3 Å². The fraction of sp³-hybridized carbons (Fsp3) is 0.346. The van der Waals surface area contributed by atoms with E-state index in [1.807, 2.05) is 32.0 Å². The normalized spacial score (nSPS) is 20.2. The van der Waals surface area contributed by atoms with Crippen LogP contribution in [0.4, 0.5) is 5.95 Å². The van der Waals surface area contributed by atoms with Crippen molar-refractivity contribution in [1.29, 1.82) is 0 Å². The second kappa shape index (κ2) is 8.64. The molecule has 0 unspecified atom stereocenters. The van der Waals surface area contributed by atoms with Gasteiger partial charge in [-0.25, -0.2) is 18.1 Å². The van der Waals surface area contributed by atoms with E-state index in [1.165, 1.54) is 12.1 Å². The summed E-state index contributed by atoms with van der Waals surface area (Å²) in [5.41, 5.74) is 3.88. The smallest absolute Gasteiger partial charge is 0.264 e. The van der Waals surface area contributed by atoms with Crippen LogP contribution in [-0.4, -0.2) is 36.9 Å². The lowest BCUT2D eigenvalue weighted by molar-refractivity contribution is 0.0910. The SMILES string of the molecule is Cc1cccc(C)c1-c1cc2nc(n1)NS(=O)(=O)c1cccc(c1)C(=O)N[C@H](CC1(C)CC1)CO2. The van der Waals surface area contributed by atoms with E-state index in [9.17, 15) is 13.2 Å². The van der Waals surface area contributed by atoms with Gasteiger partial charge in [-0.1, -0.05) is 31.2 Å². The number of sulfonamides is 1. The zero-order valence-corrected chi connectivity index (χ0v) is 20.8. The number of fused-ring (bicyclic) bond motifs is 4. The molecule has 35 heavy (non-hydrogen) atoms. The van der Waals surface area contributed by atoms with Crippen molar-refractivity contribution in [3.63, 3.8) is 0 Å². The number of amides is 1. The van der Waals surface area contributed by atoms with E-state index in [4.69, 9.17) is 4.74 Å². The molecule has 2 heterocycles. The number of nitrogens with zero attached hydrogens (tertiary/aromatic N) is 2. The van der Waals surface area contributed by atoms with Gasteiger partial charge in [0.2, 0.25) is 11.8 Å². The van der Waals surface area contributed by atoms with Crippen LogP contribution in [0.5, 0.6) is 5.88 Å². The van der Waals surface area contributed by atoms with Crippen molar-refractivity contribution in [2.45, 2.75) is 51.0 Å². The molecule has 1 fully saturated rings. The highest BCUT2D eigenvalue weighted by molar-refractivity contribution is 7.92. The summed E-state index contributed by atoms with van der Waals surface area (Å²) >= 11 is 0. The second-order valence-electron chi connectivity index (χ2n) is 9.81. The summed E-state index contributed by atoms with van der Waals surface area (Å²) in [6, 6.07) is 13.3. The van der Waals surface area contributed by atoms with Crippen molar-refractivity contribution in [3.8, 4) is 17.1 Å². The topological polar surface area (TPSA) is 110 Å². The van der Waals surface area contributed by atoms with E-state index in [0.29, 0.717) is 5.69 Å². The monoisotopic (exact) mass is 492 g/mol. The van der Waals surface area contributed by atoms with Crippen molar-refractivity contribution in [2.24, 2.45) is 5.41 Å².